The van der Waals surface area contributed by atoms with E-state index in [1.807, 2.05) is 0 Å². The second kappa shape index (κ2) is 6.47. The first kappa shape index (κ1) is 15.6. The monoisotopic (exact) mass is 340 g/mol. The average Bonchev–Trinajstić information content (AvgIpc) is 3.35. The van der Waals surface area contributed by atoms with Gasteiger partial charge in [-0.05, 0) is 50.3 Å². The van der Waals surface area contributed by atoms with E-state index in [1.54, 1.807) is 23.1 Å². The second-order valence-corrected chi connectivity index (χ2v) is 6.75. The highest BCUT2D eigenvalue weighted by Crippen LogP contribution is 2.33. The van der Waals surface area contributed by atoms with Gasteiger partial charge in [0.15, 0.2) is 0 Å². The van der Waals surface area contributed by atoms with Crippen LogP contribution in [0.5, 0.6) is 0 Å². The maximum atomic E-state index is 12.5. The van der Waals surface area contributed by atoms with Gasteiger partial charge in [0, 0.05) is 18.2 Å². The van der Waals surface area contributed by atoms with Crippen LogP contribution in [0.3, 0.4) is 0 Å². The lowest BCUT2D eigenvalue weighted by Gasteiger charge is -2.35. The summed E-state index contributed by atoms with van der Waals surface area (Å²) in [6, 6.07) is 4.60. The summed E-state index contributed by atoms with van der Waals surface area (Å²) < 4.78 is 0. The van der Waals surface area contributed by atoms with Crippen LogP contribution < -0.4 is 5.32 Å². The van der Waals surface area contributed by atoms with Crippen molar-refractivity contribution in [2.24, 2.45) is 5.92 Å². The summed E-state index contributed by atoms with van der Waals surface area (Å²) in [5, 5.41) is 3.69. The molecule has 22 heavy (non-hydrogen) atoms. The molecule has 2 amide bonds. The first-order valence-electron chi connectivity index (χ1n) is 7.62. The zero-order valence-corrected chi connectivity index (χ0v) is 13.7. The van der Waals surface area contributed by atoms with Gasteiger partial charge in [-0.3, -0.25) is 9.59 Å². The Morgan fingerprint density at radius 3 is 2.55 bits per heavy atom. The van der Waals surface area contributed by atoms with Crippen LogP contribution in [0.1, 0.15) is 32.1 Å². The van der Waals surface area contributed by atoms with Crippen molar-refractivity contribution in [1.82, 2.24) is 4.90 Å². The second-order valence-electron chi connectivity index (χ2n) is 5.94. The van der Waals surface area contributed by atoms with Crippen LogP contribution in [0.4, 0.5) is 5.69 Å². The number of halogens is 2. The number of rotatable bonds is 3. The molecule has 0 bridgehead atoms. The predicted octanol–water partition coefficient (Wildman–Crippen LogP) is 3.72. The van der Waals surface area contributed by atoms with E-state index in [-0.39, 0.29) is 23.8 Å². The van der Waals surface area contributed by atoms with Crippen molar-refractivity contribution in [1.29, 1.82) is 0 Å². The number of anilines is 1. The maximum Gasteiger partial charge on any atom is 0.247 e. The van der Waals surface area contributed by atoms with Gasteiger partial charge in [0.05, 0.1) is 10.0 Å². The van der Waals surface area contributed by atoms with Crippen molar-refractivity contribution >= 4 is 40.7 Å². The Morgan fingerprint density at radius 1 is 1.09 bits per heavy atom. The topological polar surface area (TPSA) is 49.4 Å². The van der Waals surface area contributed by atoms with Crippen molar-refractivity contribution in [2.45, 2.75) is 38.1 Å². The van der Waals surface area contributed by atoms with E-state index in [0.717, 1.165) is 25.7 Å². The van der Waals surface area contributed by atoms with Crippen LogP contribution in [-0.2, 0) is 9.59 Å². The van der Waals surface area contributed by atoms with Crippen molar-refractivity contribution in [2.75, 3.05) is 11.9 Å². The number of hydrogen-bond acceptors (Lipinski definition) is 2. The van der Waals surface area contributed by atoms with Crippen LogP contribution in [0.15, 0.2) is 18.2 Å². The maximum absolute atomic E-state index is 12.5. The molecule has 2 fully saturated rings. The summed E-state index contributed by atoms with van der Waals surface area (Å²) >= 11 is 11.8. The Balaban J connectivity index is 1.71. The van der Waals surface area contributed by atoms with Crippen molar-refractivity contribution in [3.8, 4) is 0 Å². The fourth-order valence-electron chi connectivity index (χ4n) is 2.83. The average molecular weight is 341 g/mol. The number of likely N-dealkylation sites (tertiary alicyclic amines) is 1. The largest absolute Gasteiger partial charge is 0.330 e. The van der Waals surface area contributed by atoms with Gasteiger partial charge < -0.3 is 10.2 Å². The summed E-state index contributed by atoms with van der Waals surface area (Å²) in [7, 11) is 0. The summed E-state index contributed by atoms with van der Waals surface area (Å²) in [5.74, 6) is 0.124. The fraction of sp³-hybridized carbons (Fsp3) is 0.500. The number of carbonyl (C=O) groups is 2. The highest BCUT2D eigenvalue weighted by molar-refractivity contribution is 6.42. The van der Waals surface area contributed by atoms with E-state index in [9.17, 15) is 9.59 Å². The van der Waals surface area contributed by atoms with Crippen molar-refractivity contribution < 1.29 is 9.59 Å². The third kappa shape index (κ3) is 3.39. The summed E-state index contributed by atoms with van der Waals surface area (Å²) in [5.41, 5.74) is 0.601. The molecule has 1 N–H and O–H groups in total. The molecule has 118 valence electrons. The standard InChI is InChI=1S/C16H18Cl2N2O2/c17-12-7-6-11(9-13(12)18)19-15(21)14-3-1-2-8-20(14)16(22)10-4-5-10/h6-7,9-10,14H,1-5,8H2,(H,19,21). The zero-order valence-electron chi connectivity index (χ0n) is 12.1. The van der Waals surface area contributed by atoms with E-state index in [1.165, 1.54) is 0 Å². The lowest BCUT2D eigenvalue weighted by molar-refractivity contribution is -0.141. The third-order valence-electron chi connectivity index (χ3n) is 4.20. The third-order valence-corrected chi connectivity index (χ3v) is 4.94. The van der Waals surface area contributed by atoms with Crippen LogP contribution >= 0.6 is 23.2 Å². The van der Waals surface area contributed by atoms with Gasteiger partial charge in [0.2, 0.25) is 11.8 Å². The molecule has 1 aliphatic carbocycles. The molecule has 4 nitrogen and oxygen atoms in total. The van der Waals surface area contributed by atoms with E-state index in [4.69, 9.17) is 23.2 Å². The lowest BCUT2D eigenvalue weighted by atomic mass is 10.0. The minimum Gasteiger partial charge on any atom is -0.330 e. The van der Waals surface area contributed by atoms with Crippen LogP contribution in [0.25, 0.3) is 0 Å². The molecule has 1 saturated heterocycles. The van der Waals surface area contributed by atoms with Crippen molar-refractivity contribution in [3.05, 3.63) is 28.2 Å². The molecule has 1 aromatic rings. The Labute approximate surface area is 139 Å². The summed E-state index contributed by atoms with van der Waals surface area (Å²) in [6.07, 6.45) is 4.56. The van der Waals surface area contributed by atoms with E-state index < -0.39 is 0 Å². The van der Waals surface area contributed by atoms with Crippen molar-refractivity contribution in [3.63, 3.8) is 0 Å². The predicted molar refractivity (Wildman–Crippen MR) is 87.2 cm³/mol. The van der Waals surface area contributed by atoms with E-state index in [2.05, 4.69) is 5.32 Å². The Kier molecular flexibility index (Phi) is 4.59. The number of nitrogens with zero attached hydrogens (tertiary/aromatic N) is 1. The molecule has 3 rings (SSSR count). The first-order chi connectivity index (χ1) is 10.6. The molecular weight excluding hydrogens is 323 g/mol. The molecule has 1 aliphatic heterocycles. The molecule has 1 atom stereocenters. The van der Waals surface area contributed by atoms with Gasteiger partial charge in [-0.15, -0.1) is 0 Å². The molecule has 6 heteroatoms. The quantitative estimate of drug-likeness (QED) is 0.911. The number of hydrogen-bond donors (Lipinski definition) is 1. The van der Waals surface area contributed by atoms with E-state index >= 15 is 0 Å². The van der Waals surface area contributed by atoms with Gasteiger partial charge in [-0.1, -0.05) is 23.2 Å². The van der Waals surface area contributed by atoms with Crippen LogP contribution in [-0.4, -0.2) is 29.3 Å². The van der Waals surface area contributed by atoms with Gasteiger partial charge in [-0.2, -0.15) is 0 Å². The van der Waals surface area contributed by atoms with Gasteiger partial charge in [-0.25, -0.2) is 0 Å². The number of amides is 2. The molecule has 1 heterocycles. The highest BCUT2D eigenvalue weighted by atomic mass is 35.5. The van der Waals surface area contributed by atoms with Crippen LogP contribution in [0.2, 0.25) is 10.0 Å². The van der Waals surface area contributed by atoms with Crippen LogP contribution in [0, 0.1) is 5.92 Å². The Hall–Kier alpha value is -1.26. The van der Waals surface area contributed by atoms with E-state index in [0.29, 0.717) is 28.7 Å². The number of carbonyl (C=O) groups excluding carboxylic acids is 2. The zero-order chi connectivity index (χ0) is 15.7. The van der Waals surface area contributed by atoms with Gasteiger partial charge >= 0.3 is 0 Å². The SMILES string of the molecule is O=C(Nc1ccc(Cl)c(Cl)c1)C1CCCCN1C(=O)C1CC1. The van der Waals surface area contributed by atoms with Gasteiger partial charge in [0.25, 0.3) is 0 Å². The molecule has 0 aromatic heterocycles. The molecule has 2 aliphatic rings. The number of piperidine rings is 1. The minimum absolute atomic E-state index is 0.133. The van der Waals surface area contributed by atoms with Gasteiger partial charge in [0.1, 0.15) is 6.04 Å². The molecule has 0 spiro atoms. The lowest BCUT2D eigenvalue weighted by Crippen LogP contribution is -2.50. The molecule has 0 radical (unpaired) electrons. The normalized spacial score (nSPS) is 21.5. The fourth-order valence-corrected chi connectivity index (χ4v) is 3.13. The summed E-state index contributed by atoms with van der Waals surface area (Å²) in [4.78, 5) is 26.6. The molecule has 1 saturated carbocycles. The highest BCUT2D eigenvalue weighted by Gasteiger charge is 2.39. The molecule has 1 aromatic carbocycles. The Bertz CT molecular complexity index is 602. The molecular formula is C16H18Cl2N2O2. The smallest absolute Gasteiger partial charge is 0.247 e. The molecule has 1 unspecified atom stereocenters. The minimum atomic E-state index is -0.378. The summed E-state index contributed by atoms with van der Waals surface area (Å²) in [6.45, 7) is 0.675. The number of benzene rings is 1. The Morgan fingerprint density at radius 2 is 1.86 bits per heavy atom. The number of nitrogens with one attached hydrogen (secondary N) is 1. The first-order valence-corrected chi connectivity index (χ1v) is 8.38.